The molecule has 3 heteroatoms. The number of aromatic hydroxyl groups is 1. The molecule has 0 aliphatic heterocycles. The van der Waals surface area contributed by atoms with Gasteiger partial charge in [-0.25, -0.2) is 0 Å². The fraction of sp³-hybridized carbons (Fsp3) is 0.571. The Kier molecular flexibility index (Phi) is 4.97. The van der Waals surface area contributed by atoms with E-state index in [0.29, 0.717) is 11.8 Å². The number of ether oxygens (including phenoxy) is 1. The molecule has 1 aromatic carbocycles. The van der Waals surface area contributed by atoms with Crippen LogP contribution < -0.4 is 0 Å². The number of phenols is 1. The van der Waals surface area contributed by atoms with Crippen LogP contribution in [0.3, 0.4) is 0 Å². The number of rotatable bonds is 5. The Bertz CT molecular complexity index is 353. The summed E-state index contributed by atoms with van der Waals surface area (Å²) in [7, 11) is 3.81. The Labute approximate surface area is 104 Å². The third-order valence-electron chi connectivity index (χ3n) is 3.14. The van der Waals surface area contributed by atoms with E-state index < -0.39 is 0 Å². The van der Waals surface area contributed by atoms with Crippen molar-refractivity contribution in [3.05, 3.63) is 28.8 Å². The van der Waals surface area contributed by atoms with Crippen molar-refractivity contribution in [2.75, 3.05) is 20.8 Å². The zero-order chi connectivity index (χ0) is 13.0. The van der Waals surface area contributed by atoms with Crippen LogP contribution in [0.2, 0.25) is 0 Å². The van der Waals surface area contributed by atoms with Crippen molar-refractivity contribution in [1.29, 1.82) is 0 Å². The summed E-state index contributed by atoms with van der Waals surface area (Å²) in [6, 6.07) is 4.46. The molecule has 0 fully saturated rings. The number of benzene rings is 1. The van der Waals surface area contributed by atoms with E-state index in [1.165, 1.54) is 5.56 Å². The lowest BCUT2D eigenvalue weighted by Crippen LogP contribution is -2.32. The highest BCUT2D eigenvalue weighted by atomic mass is 16.5. The molecule has 0 heterocycles. The molecular formula is C14H23NO2. The van der Waals surface area contributed by atoms with E-state index in [-0.39, 0.29) is 0 Å². The first-order valence-electron chi connectivity index (χ1n) is 5.94. The minimum atomic E-state index is 0.384. The quantitative estimate of drug-likeness (QED) is 0.854. The molecule has 1 rings (SSSR count). The summed E-state index contributed by atoms with van der Waals surface area (Å²) >= 11 is 0. The molecule has 1 aromatic rings. The predicted octanol–water partition coefficient (Wildman–Crippen LogP) is 2.48. The van der Waals surface area contributed by atoms with Gasteiger partial charge in [0.2, 0.25) is 0 Å². The van der Waals surface area contributed by atoms with Crippen LogP contribution >= 0.6 is 0 Å². The molecule has 0 saturated heterocycles. The van der Waals surface area contributed by atoms with E-state index in [0.717, 1.165) is 24.3 Å². The van der Waals surface area contributed by atoms with Crippen LogP contribution in [0.15, 0.2) is 12.1 Å². The summed E-state index contributed by atoms with van der Waals surface area (Å²) in [4.78, 5) is 2.24. The van der Waals surface area contributed by atoms with Crippen molar-refractivity contribution in [3.63, 3.8) is 0 Å². The fourth-order valence-corrected chi connectivity index (χ4v) is 1.95. The first-order chi connectivity index (χ1) is 7.95. The second kappa shape index (κ2) is 6.03. The van der Waals surface area contributed by atoms with Gasteiger partial charge in [0.1, 0.15) is 5.75 Å². The summed E-state index contributed by atoms with van der Waals surface area (Å²) < 4.78 is 5.15. The maximum Gasteiger partial charge on any atom is 0.121 e. The second-order valence-corrected chi connectivity index (χ2v) is 4.80. The monoisotopic (exact) mass is 237 g/mol. The van der Waals surface area contributed by atoms with Crippen molar-refractivity contribution < 1.29 is 9.84 Å². The Morgan fingerprint density at radius 1 is 1.29 bits per heavy atom. The minimum Gasteiger partial charge on any atom is -0.507 e. The summed E-state index contributed by atoms with van der Waals surface area (Å²) in [5, 5.41) is 9.72. The highest BCUT2D eigenvalue weighted by Gasteiger charge is 2.10. The Balaban J connectivity index is 2.75. The Morgan fingerprint density at radius 2 is 1.82 bits per heavy atom. The van der Waals surface area contributed by atoms with Crippen molar-refractivity contribution >= 4 is 0 Å². The van der Waals surface area contributed by atoms with Crippen LogP contribution in [0.25, 0.3) is 0 Å². The lowest BCUT2D eigenvalue weighted by atomic mass is 10.1. The Morgan fingerprint density at radius 3 is 2.29 bits per heavy atom. The van der Waals surface area contributed by atoms with E-state index in [9.17, 15) is 5.11 Å². The van der Waals surface area contributed by atoms with Gasteiger partial charge in [0.25, 0.3) is 0 Å². The molecule has 0 aliphatic carbocycles. The molecule has 0 aromatic heterocycles. The molecule has 1 unspecified atom stereocenters. The van der Waals surface area contributed by atoms with Gasteiger partial charge in [0, 0.05) is 19.7 Å². The van der Waals surface area contributed by atoms with Gasteiger partial charge in [-0.15, -0.1) is 0 Å². The molecule has 3 nitrogen and oxygen atoms in total. The molecule has 0 aliphatic rings. The summed E-state index contributed by atoms with van der Waals surface area (Å²) in [5.41, 5.74) is 3.10. The molecule has 1 N–H and O–H groups in total. The van der Waals surface area contributed by atoms with Gasteiger partial charge in [-0.05, 0) is 44.5 Å². The van der Waals surface area contributed by atoms with Gasteiger partial charge < -0.3 is 9.84 Å². The lowest BCUT2D eigenvalue weighted by molar-refractivity contribution is 0.112. The third kappa shape index (κ3) is 3.72. The van der Waals surface area contributed by atoms with Crippen molar-refractivity contribution in [3.8, 4) is 5.75 Å². The van der Waals surface area contributed by atoms with Crippen LogP contribution in [0, 0.1) is 13.8 Å². The van der Waals surface area contributed by atoms with Crippen LogP contribution in [0.1, 0.15) is 23.6 Å². The summed E-state index contributed by atoms with van der Waals surface area (Å²) in [6.07, 6.45) is 0. The molecular weight excluding hydrogens is 214 g/mol. The van der Waals surface area contributed by atoms with Gasteiger partial charge in [-0.3, -0.25) is 4.90 Å². The maximum atomic E-state index is 9.72. The number of methoxy groups -OCH3 is 1. The molecule has 17 heavy (non-hydrogen) atoms. The molecule has 1 atom stereocenters. The number of likely N-dealkylation sites (N-methyl/N-ethyl adjacent to an activating group) is 1. The zero-order valence-electron chi connectivity index (χ0n) is 11.4. The van der Waals surface area contributed by atoms with E-state index in [2.05, 4.69) is 18.9 Å². The average Bonchev–Trinajstić information content (AvgIpc) is 2.26. The van der Waals surface area contributed by atoms with Gasteiger partial charge in [0.15, 0.2) is 0 Å². The van der Waals surface area contributed by atoms with Crippen LogP contribution in [-0.2, 0) is 11.3 Å². The van der Waals surface area contributed by atoms with E-state index in [1.807, 2.05) is 26.0 Å². The molecule has 0 saturated carbocycles. The molecule has 0 radical (unpaired) electrons. The molecule has 0 bridgehead atoms. The minimum absolute atomic E-state index is 0.384. The van der Waals surface area contributed by atoms with Gasteiger partial charge >= 0.3 is 0 Å². The first-order valence-corrected chi connectivity index (χ1v) is 5.94. The van der Waals surface area contributed by atoms with Crippen molar-refractivity contribution in [1.82, 2.24) is 4.90 Å². The topological polar surface area (TPSA) is 32.7 Å². The number of phenolic OH excluding ortho intramolecular Hbond substituents is 1. The van der Waals surface area contributed by atoms with E-state index in [4.69, 9.17) is 4.74 Å². The molecule has 96 valence electrons. The summed E-state index contributed by atoms with van der Waals surface area (Å²) in [6.45, 7) is 7.61. The van der Waals surface area contributed by atoms with Gasteiger partial charge in [-0.2, -0.15) is 0 Å². The number of hydrogen-bond acceptors (Lipinski definition) is 3. The Hall–Kier alpha value is -1.06. The first kappa shape index (κ1) is 14.0. The fourth-order valence-electron chi connectivity index (χ4n) is 1.95. The predicted molar refractivity (Wildman–Crippen MR) is 70.4 cm³/mol. The summed E-state index contributed by atoms with van der Waals surface area (Å²) in [5.74, 6) is 0.404. The van der Waals surface area contributed by atoms with Crippen molar-refractivity contribution in [2.24, 2.45) is 0 Å². The van der Waals surface area contributed by atoms with Gasteiger partial charge in [-0.1, -0.05) is 12.1 Å². The SMILES string of the molecule is COCC(C)N(C)Cc1cc(C)c(O)c(C)c1. The third-order valence-corrected chi connectivity index (χ3v) is 3.14. The van der Waals surface area contributed by atoms with Gasteiger partial charge in [0.05, 0.1) is 6.61 Å². The zero-order valence-corrected chi connectivity index (χ0v) is 11.4. The van der Waals surface area contributed by atoms with E-state index >= 15 is 0 Å². The smallest absolute Gasteiger partial charge is 0.121 e. The lowest BCUT2D eigenvalue weighted by Gasteiger charge is -2.24. The number of nitrogens with zero attached hydrogens (tertiary/aromatic N) is 1. The normalized spacial score (nSPS) is 13.1. The van der Waals surface area contributed by atoms with Crippen LogP contribution in [0.5, 0.6) is 5.75 Å². The van der Waals surface area contributed by atoms with Crippen LogP contribution in [-0.4, -0.2) is 36.8 Å². The largest absolute Gasteiger partial charge is 0.507 e. The average molecular weight is 237 g/mol. The number of hydrogen-bond donors (Lipinski definition) is 1. The highest BCUT2D eigenvalue weighted by Crippen LogP contribution is 2.23. The highest BCUT2D eigenvalue weighted by molar-refractivity contribution is 5.42. The van der Waals surface area contributed by atoms with Crippen molar-refractivity contribution in [2.45, 2.75) is 33.4 Å². The van der Waals surface area contributed by atoms with Crippen LogP contribution in [0.4, 0.5) is 0 Å². The molecule has 0 spiro atoms. The molecule has 0 amide bonds. The standard InChI is InChI=1S/C14H23NO2/c1-10-6-13(7-11(2)14(10)16)8-15(4)12(3)9-17-5/h6-7,12,16H,8-9H2,1-5H3. The maximum absolute atomic E-state index is 9.72. The second-order valence-electron chi connectivity index (χ2n) is 4.80. The van der Waals surface area contributed by atoms with E-state index in [1.54, 1.807) is 7.11 Å². The number of aryl methyl sites for hydroxylation is 2.